The average molecular weight is 310 g/mol. The van der Waals surface area contributed by atoms with Crippen LogP contribution in [0, 0.1) is 5.92 Å². The molecule has 2 rings (SSSR count). The smallest absolute Gasteiger partial charge is 0.239 e. The lowest BCUT2D eigenvalue weighted by atomic mass is 9.91. The van der Waals surface area contributed by atoms with Gasteiger partial charge >= 0.3 is 0 Å². The monoisotopic (exact) mass is 310 g/mol. The molecular weight excluding hydrogens is 288 g/mol. The van der Waals surface area contributed by atoms with Gasteiger partial charge in [0.05, 0.1) is 16.6 Å². The number of carbonyl (C=O) groups is 1. The van der Waals surface area contributed by atoms with Crippen molar-refractivity contribution in [2.24, 2.45) is 5.92 Å². The van der Waals surface area contributed by atoms with Crippen LogP contribution >= 0.6 is 0 Å². The third-order valence-corrected chi connectivity index (χ3v) is 6.07. The second kappa shape index (κ2) is 6.47. The molecule has 0 saturated heterocycles. The van der Waals surface area contributed by atoms with Crippen LogP contribution in [0.1, 0.15) is 32.6 Å². The molecule has 0 spiro atoms. The summed E-state index contributed by atoms with van der Waals surface area (Å²) in [6.07, 6.45) is 3.30. The molecule has 0 bridgehead atoms. The highest BCUT2D eigenvalue weighted by atomic mass is 32.2. The molecule has 5 nitrogen and oxygen atoms in total. The molecule has 1 aromatic carbocycles. The van der Waals surface area contributed by atoms with Gasteiger partial charge in [-0.3, -0.25) is 4.79 Å². The number of carbonyl (C=O) groups excluding carboxylic acids is 1. The molecule has 0 radical (unpaired) electrons. The molecule has 2 unspecified atom stereocenters. The number of sulfone groups is 1. The van der Waals surface area contributed by atoms with Crippen molar-refractivity contribution in [1.29, 1.82) is 0 Å². The molecule has 3 N–H and O–H groups in total. The van der Waals surface area contributed by atoms with Crippen LogP contribution in [-0.2, 0) is 14.6 Å². The van der Waals surface area contributed by atoms with E-state index in [4.69, 9.17) is 5.73 Å². The van der Waals surface area contributed by atoms with Crippen molar-refractivity contribution in [2.45, 2.75) is 37.9 Å². The van der Waals surface area contributed by atoms with E-state index in [0.717, 1.165) is 12.8 Å². The van der Waals surface area contributed by atoms with Crippen LogP contribution in [0.2, 0.25) is 0 Å². The first-order valence-corrected chi connectivity index (χ1v) is 8.96. The number of rotatable bonds is 4. The standard InChI is InChI=1S/C15H22N2O3S/c1-11-5-4-6-12(9-11)21(19,20)10-15(18)17-14-8-3-2-7-13(14)16/h2-3,7-8,11-12H,4-6,9-10,16H2,1H3,(H,17,18). The summed E-state index contributed by atoms with van der Waals surface area (Å²) >= 11 is 0. The highest BCUT2D eigenvalue weighted by Gasteiger charge is 2.31. The average Bonchev–Trinajstić information content (AvgIpc) is 2.41. The molecule has 21 heavy (non-hydrogen) atoms. The molecule has 1 aromatic rings. The number of nitrogens with one attached hydrogen (secondary N) is 1. The van der Waals surface area contributed by atoms with E-state index in [1.165, 1.54) is 0 Å². The van der Waals surface area contributed by atoms with Gasteiger partial charge in [-0.25, -0.2) is 8.42 Å². The summed E-state index contributed by atoms with van der Waals surface area (Å²) in [4.78, 5) is 12.0. The fourth-order valence-electron chi connectivity index (χ4n) is 2.80. The van der Waals surface area contributed by atoms with Gasteiger partial charge in [0, 0.05) is 0 Å². The lowest BCUT2D eigenvalue weighted by Crippen LogP contribution is -2.34. The molecule has 2 atom stereocenters. The minimum atomic E-state index is -3.40. The fourth-order valence-corrected chi connectivity index (χ4v) is 4.62. The van der Waals surface area contributed by atoms with Gasteiger partial charge in [0.2, 0.25) is 5.91 Å². The highest BCUT2D eigenvalue weighted by molar-refractivity contribution is 7.92. The first kappa shape index (κ1) is 15.8. The molecule has 1 saturated carbocycles. The maximum Gasteiger partial charge on any atom is 0.239 e. The van der Waals surface area contributed by atoms with Crippen molar-refractivity contribution in [3.8, 4) is 0 Å². The third-order valence-electron chi connectivity index (χ3n) is 3.96. The Bertz CT molecular complexity index is 613. The van der Waals surface area contributed by atoms with Crippen molar-refractivity contribution in [1.82, 2.24) is 0 Å². The minimum Gasteiger partial charge on any atom is -0.397 e. The van der Waals surface area contributed by atoms with Gasteiger partial charge in [-0.2, -0.15) is 0 Å². The largest absolute Gasteiger partial charge is 0.397 e. The molecule has 116 valence electrons. The molecule has 1 amide bonds. The quantitative estimate of drug-likeness (QED) is 0.834. The Morgan fingerprint density at radius 3 is 2.71 bits per heavy atom. The predicted octanol–water partition coefficient (Wildman–Crippen LogP) is 2.20. The van der Waals surface area contributed by atoms with E-state index in [9.17, 15) is 13.2 Å². The molecule has 0 aromatic heterocycles. The summed E-state index contributed by atoms with van der Waals surface area (Å²) in [6, 6.07) is 6.81. The van der Waals surface area contributed by atoms with Crippen molar-refractivity contribution in [2.75, 3.05) is 16.8 Å². The van der Waals surface area contributed by atoms with Crippen LogP contribution < -0.4 is 11.1 Å². The number of nitrogens with two attached hydrogens (primary N) is 1. The lowest BCUT2D eigenvalue weighted by Gasteiger charge is -2.26. The van der Waals surface area contributed by atoms with Crippen LogP contribution in [0.5, 0.6) is 0 Å². The van der Waals surface area contributed by atoms with E-state index < -0.39 is 21.5 Å². The van der Waals surface area contributed by atoms with E-state index >= 15 is 0 Å². The van der Waals surface area contributed by atoms with E-state index in [2.05, 4.69) is 12.2 Å². The number of anilines is 2. The van der Waals surface area contributed by atoms with Crippen molar-refractivity contribution in [3.63, 3.8) is 0 Å². The zero-order chi connectivity index (χ0) is 15.5. The summed E-state index contributed by atoms with van der Waals surface area (Å²) in [6.45, 7) is 2.06. The number of amides is 1. The van der Waals surface area contributed by atoms with Crippen molar-refractivity contribution < 1.29 is 13.2 Å². The van der Waals surface area contributed by atoms with Crippen LogP contribution in [-0.4, -0.2) is 25.3 Å². The molecule has 0 aliphatic heterocycles. The Hall–Kier alpha value is -1.56. The molecule has 1 fully saturated rings. The minimum absolute atomic E-state index is 0.389. The summed E-state index contributed by atoms with van der Waals surface area (Å²) in [5, 5.41) is 2.18. The Morgan fingerprint density at radius 2 is 2.05 bits per heavy atom. The van der Waals surface area contributed by atoms with Gasteiger partial charge < -0.3 is 11.1 Å². The number of benzene rings is 1. The summed E-state index contributed by atoms with van der Waals surface area (Å²) in [5.41, 5.74) is 6.61. The van der Waals surface area contributed by atoms with Crippen LogP contribution in [0.15, 0.2) is 24.3 Å². The predicted molar refractivity (Wildman–Crippen MR) is 84.7 cm³/mol. The molecule has 1 aliphatic rings. The second-order valence-electron chi connectivity index (χ2n) is 5.84. The Morgan fingerprint density at radius 1 is 1.33 bits per heavy atom. The van der Waals surface area contributed by atoms with E-state index in [1.54, 1.807) is 24.3 Å². The number of para-hydroxylation sites is 2. The Kier molecular flexibility index (Phi) is 4.88. The first-order chi connectivity index (χ1) is 9.88. The SMILES string of the molecule is CC1CCCC(S(=O)(=O)CC(=O)Nc2ccccc2N)C1. The van der Waals surface area contributed by atoms with Gasteiger partial charge in [-0.05, 0) is 30.9 Å². The maximum atomic E-state index is 12.3. The van der Waals surface area contributed by atoms with Gasteiger partial charge in [0.1, 0.15) is 5.75 Å². The van der Waals surface area contributed by atoms with Crippen molar-refractivity contribution >= 4 is 27.1 Å². The Labute approximate surface area is 125 Å². The van der Waals surface area contributed by atoms with Gasteiger partial charge in [0.15, 0.2) is 9.84 Å². The van der Waals surface area contributed by atoms with E-state index in [1.807, 2.05) is 0 Å². The Balaban J connectivity index is 2.00. The lowest BCUT2D eigenvalue weighted by molar-refractivity contribution is -0.113. The van der Waals surface area contributed by atoms with E-state index in [-0.39, 0.29) is 5.25 Å². The summed E-state index contributed by atoms with van der Waals surface area (Å²) in [7, 11) is -3.40. The fraction of sp³-hybridized carbons (Fsp3) is 0.533. The van der Waals surface area contributed by atoms with Gasteiger partial charge in [0.25, 0.3) is 0 Å². The van der Waals surface area contributed by atoms with Crippen molar-refractivity contribution in [3.05, 3.63) is 24.3 Å². The van der Waals surface area contributed by atoms with Crippen LogP contribution in [0.3, 0.4) is 0 Å². The topological polar surface area (TPSA) is 89.3 Å². The van der Waals surface area contributed by atoms with Gasteiger partial charge in [-0.1, -0.05) is 31.9 Å². The number of nitrogen functional groups attached to an aromatic ring is 1. The number of hydrogen-bond donors (Lipinski definition) is 2. The molecule has 6 heteroatoms. The highest BCUT2D eigenvalue weighted by Crippen LogP contribution is 2.28. The zero-order valence-corrected chi connectivity index (χ0v) is 13.0. The molecule has 0 heterocycles. The second-order valence-corrected chi connectivity index (χ2v) is 8.12. The summed E-state index contributed by atoms with van der Waals surface area (Å²) < 4.78 is 24.6. The number of hydrogen-bond acceptors (Lipinski definition) is 4. The van der Waals surface area contributed by atoms with Crippen LogP contribution in [0.25, 0.3) is 0 Å². The maximum absolute atomic E-state index is 12.3. The first-order valence-electron chi connectivity index (χ1n) is 7.24. The molecular formula is C15H22N2O3S. The zero-order valence-electron chi connectivity index (χ0n) is 12.2. The van der Waals surface area contributed by atoms with E-state index in [0.29, 0.717) is 30.1 Å². The molecule has 1 aliphatic carbocycles. The third kappa shape index (κ3) is 4.20. The summed E-state index contributed by atoms with van der Waals surface area (Å²) in [5.74, 6) is -0.587. The van der Waals surface area contributed by atoms with Gasteiger partial charge in [-0.15, -0.1) is 0 Å². The normalized spacial score (nSPS) is 22.7. The van der Waals surface area contributed by atoms with Crippen LogP contribution in [0.4, 0.5) is 11.4 Å².